The standard InChI is InChI=1S/C10H18N2O2/c1-3-4-9(13)10(14)7-8-5-6-12(2)11-8/h5-6,9-10,13-14H,3-4,7H2,1-2H3. The molecule has 0 amide bonds. The number of hydrogen-bond acceptors (Lipinski definition) is 3. The minimum atomic E-state index is -0.704. The zero-order chi connectivity index (χ0) is 10.6. The summed E-state index contributed by atoms with van der Waals surface area (Å²) in [5.41, 5.74) is 0.815. The largest absolute Gasteiger partial charge is 0.390 e. The van der Waals surface area contributed by atoms with E-state index in [0.717, 1.165) is 12.1 Å². The summed E-state index contributed by atoms with van der Waals surface area (Å²) in [6, 6.07) is 1.85. The fraction of sp³-hybridized carbons (Fsp3) is 0.700. The first-order chi connectivity index (χ1) is 6.63. The molecule has 2 atom stereocenters. The molecule has 1 rings (SSSR count). The first kappa shape index (κ1) is 11.2. The Morgan fingerprint density at radius 1 is 1.43 bits per heavy atom. The topological polar surface area (TPSA) is 58.3 Å². The molecular weight excluding hydrogens is 180 g/mol. The molecular formula is C10H18N2O2. The van der Waals surface area contributed by atoms with Gasteiger partial charge < -0.3 is 10.2 Å². The van der Waals surface area contributed by atoms with Crippen molar-refractivity contribution in [2.45, 2.75) is 38.4 Å². The van der Waals surface area contributed by atoms with E-state index < -0.39 is 12.2 Å². The van der Waals surface area contributed by atoms with Gasteiger partial charge in [0.15, 0.2) is 0 Å². The Morgan fingerprint density at radius 2 is 2.14 bits per heavy atom. The van der Waals surface area contributed by atoms with Gasteiger partial charge in [-0.2, -0.15) is 5.10 Å². The van der Waals surface area contributed by atoms with Crippen LogP contribution in [0.15, 0.2) is 12.3 Å². The smallest absolute Gasteiger partial charge is 0.0855 e. The van der Waals surface area contributed by atoms with Crippen molar-refractivity contribution < 1.29 is 10.2 Å². The third-order valence-corrected chi connectivity index (χ3v) is 2.22. The zero-order valence-corrected chi connectivity index (χ0v) is 8.72. The molecule has 0 bridgehead atoms. The number of aliphatic hydroxyl groups is 2. The minimum Gasteiger partial charge on any atom is -0.390 e. The maximum absolute atomic E-state index is 9.61. The Hall–Kier alpha value is -0.870. The summed E-state index contributed by atoms with van der Waals surface area (Å²) in [5.74, 6) is 0. The molecule has 2 unspecified atom stereocenters. The molecule has 1 aromatic heterocycles. The lowest BCUT2D eigenvalue weighted by molar-refractivity contribution is 0.0142. The first-order valence-corrected chi connectivity index (χ1v) is 4.98. The van der Waals surface area contributed by atoms with Crippen molar-refractivity contribution in [2.75, 3.05) is 0 Å². The molecule has 4 nitrogen and oxygen atoms in total. The highest BCUT2D eigenvalue weighted by Crippen LogP contribution is 2.07. The predicted octanol–water partition coefficient (Wildman–Crippen LogP) is 0.485. The summed E-state index contributed by atoms with van der Waals surface area (Å²) in [7, 11) is 1.83. The quantitative estimate of drug-likeness (QED) is 0.723. The van der Waals surface area contributed by atoms with Crippen LogP contribution in [0.4, 0.5) is 0 Å². The van der Waals surface area contributed by atoms with Gasteiger partial charge in [0.05, 0.1) is 17.9 Å². The molecule has 1 heterocycles. The van der Waals surface area contributed by atoms with Crippen LogP contribution in [0.5, 0.6) is 0 Å². The number of aryl methyl sites for hydroxylation is 1. The van der Waals surface area contributed by atoms with Gasteiger partial charge in [0.25, 0.3) is 0 Å². The van der Waals surface area contributed by atoms with Crippen molar-refractivity contribution in [2.24, 2.45) is 7.05 Å². The van der Waals surface area contributed by atoms with E-state index in [4.69, 9.17) is 0 Å². The number of rotatable bonds is 5. The van der Waals surface area contributed by atoms with E-state index >= 15 is 0 Å². The first-order valence-electron chi connectivity index (χ1n) is 4.98. The van der Waals surface area contributed by atoms with Gasteiger partial charge in [0, 0.05) is 19.7 Å². The van der Waals surface area contributed by atoms with Gasteiger partial charge in [0.1, 0.15) is 0 Å². The average molecular weight is 198 g/mol. The molecule has 0 spiro atoms. The Labute approximate surface area is 84.2 Å². The molecule has 0 saturated heterocycles. The van der Waals surface area contributed by atoms with Crippen LogP contribution in [-0.4, -0.2) is 32.2 Å². The van der Waals surface area contributed by atoms with E-state index in [1.165, 1.54) is 0 Å². The third kappa shape index (κ3) is 3.12. The predicted molar refractivity (Wildman–Crippen MR) is 53.8 cm³/mol. The summed E-state index contributed by atoms with van der Waals surface area (Å²) in [4.78, 5) is 0. The van der Waals surface area contributed by atoms with E-state index in [0.29, 0.717) is 12.8 Å². The molecule has 0 radical (unpaired) electrons. The van der Waals surface area contributed by atoms with E-state index in [9.17, 15) is 10.2 Å². The van der Waals surface area contributed by atoms with Gasteiger partial charge in [-0.25, -0.2) is 0 Å². The highest BCUT2D eigenvalue weighted by atomic mass is 16.3. The summed E-state index contributed by atoms with van der Waals surface area (Å²) in [6.45, 7) is 1.98. The van der Waals surface area contributed by atoms with Crippen LogP contribution >= 0.6 is 0 Å². The molecule has 2 N–H and O–H groups in total. The Bertz CT molecular complexity index is 273. The monoisotopic (exact) mass is 198 g/mol. The molecule has 14 heavy (non-hydrogen) atoms. The maximum Gasteiger partial charge on any atom is 0.0855 e. The maximum atomic E-state index is 9.61. The van der Waals surface area contributed by atoms with Gasteiger partial charge in [0.2, 0.25) is 0 Å². The zero-order valence-electron chi connectivity index (χ0n) is 8.72. The Balaban J connectivity index is 2.43. The molecule has 4 heteroatoms. The summed E-state index contributed by atoms with van der Waals surface area (Å²) in [6.07, 6.45) is 2.41. The number of aliphatic hydroxyl groups excluding tert-OH is 2. The van der Waals surface area contributed by atoms with Crippen molar-refractivity contribution in [3.63, 3.8) is 0 Å². The van der Waals surface area contributed by atoms with Crippen molar-refractivity contribution in [3.8, 4) is 0 Å². The molecule has 0 fully saturated rings. The average Bonchev–Trinajstić information content (AvgIpc) is 2.51. The second-order valence-electron chi connectivity index (χ2n) is 3.61. The van der Waals surface area contributed by atoms with Crippen LogP contribution in [0.3, 0.4) is 0 Å². The third-order valence-electron chi connectivity index (χ3n) is 2.22. The molecule has 0 aromatic carbocycles. The van der Waals surface area contributed by atoms with Gasteiger partial charge >= 0.3 is 0 Å². The van der Waals surface area contributed by atoms with Gasteiger partial charge in [-0.05, 0) is 12.5 Å². The second kappa shape index (κ2) is 5.12. The molecule has 0 aliphatic heterocycles. The van der Waals surface area contributed by atoms with E-state index in [2.05, 4.69) is 5.10 Å². The number of nitrogens with zero attached hydrogens (tertiary/aromatic N) is 2. The van der Waals surface area contributed by atoms with Crippen molar-refractivity contribution in [1.29, 1.82) is 0 Å². The van der Waals surface area contributed by atoms with Gasteiger partial charge in [-0.15, -0.1) is 0 Å². The van der Waals surface area contributed by atoms with Crippen LogP contribution in [0.25, 0.3) is 0 Å². The van der Waals surface area contributed by atoms with Gasteiger partial charge in [-0.3, -0.25) is 4.68 Å². The molecule has 0 saturated carbocycles. The molecule has 0 aliphatic rings. The lowest BCUT2D eigenvalue weighted by Crippen LogP contribution is -2.27. The van der Waals surface area contributed by atoms with Crippen LogP contribution in [-0.2, 0) is 13.5 Å². The minimum absolute atomic E-state index is 0.419. The fourth-order valence-electron chi connectivity index (χ4n) is 1.41. The lowest BCUT2D eigenvalue weighted by Gasteiger charge is -2.15. The van der Waals surface area contributed by atoms with Crippen LogP contribution in [0.2, 0.25) is 0 Å². The highest BCUT2D eigenvalue weighted by Gasteiger charge is 2.16. The lowest BCUT2D eigenvalue weighted by atomic mass is 10.0. The Kier molecular flexibility index (Phi) is 4.10. The SMILES string of the molecule is CCCC(O)C(O)Cc1ccn(C)n1. The summed E-state index contributed by atoms with van der Waals surface area (Å²) < 4.78 is 1.69. The van der Waals surface area contributed by atoms with Crippen molar-refractivity contribution in [1.82, 2.24) is 9.78 Å². The molecule has 0 aliphatic carbocycles. The molecule has 80 valence electrons. The van der Waals surface area contributed by atoms with E-state index in [1.54, 1.807) is 4.68 Å². The highest BCUT2D eigenvalue weighted by molar-refractivity contribution is 5.00. The summed E-state index contributed by atoms with van der Waals surface area (Å²) in [5, 5.41) is 23.3. The van der Waals surface area contributed by atoms with E-state index in [1.807, 2.05) is 26.2 Å². The van der Waals surface area contributed by atoms with Crippen LogP contribution in [0, 0.1) is 0 Å². The van der Waals surface area contributed by atoms with E-state index in [-0.39, 0.29) is 0 Å². The number of hydrogen-bond donors (Lipinski definition) is 2. The normalized spacial score (nSPS) is 15.4. The summed E-state index contributed by atoms with van der Waals surface area (Å²) >= 11 is 0. The van der Waals surface area contributed by atoms with Crippen LogP contribution in [0.1, 0.15) is 25.5 Å². The second-order valence-corrected chi connectivity index (χ2v) is 3.61. The Morgan fingerprint density at radius 3 is 2.64 bits per heavy atom. The van der Waals surface area contributed by atoms with Crippen molar-refractivity contribution >= 4 is 0 Å². The van der Waals surface area contributed by atoms with Crippen LogP contribution < -0.4 is 0 Å². The number of aromatic nitrogens is 2. The fourth-order valence-corrected chi connectivity index (χ4v) is 1.41. The van der Waals surface area contributed by atoms with Crippen molar-refractivity contribution in [3.05, 3.63) is 18.0 Å². The van der Waals surface area contributed by atoms with Gasteiger partial charge in [-0.1, -0.05) is 13.3 Å². The molecule has 1 aromatic rings.